The molecule has 1 nitrogen and oxygen atoms in total. The van der Waals surface area contributed by atoms with Crippen molar-refractivity contribution in [1.82, 2.24) is 0 Å². The standard InChI is InChI=1S/C16H32O/c1-2-3-4-5-6-7-8-9-10-11-12-13-14-15-16-17/h5-6,17H,2-4,7-16H2,1H3. The molecule has 17 heavy (non-hydrogen) atoms. The molecule has 0 bridgehead atoms. The maximum atomic E-state index is 8.64. The topological polar surface area (TPSA) is 20.2 Å². The van der Waals surface area contributed by atoms with Crippen LogP contribution >= 0.6 is 0 Å². The fraction of sp³-hybridized carbons (Fsp3) is 0.875. The Kier molecular flexibility index (Phi) is 15.4. The molecule has 0 saturated carbocycles. The zero-order valence-corrected chi connectivity index (χ0v) is 11.8. The molecule has 0 aromatic heterocycles. The van der Waals surface area contributed by atoms with Crippen molar-refractivity contribution in [2.75, 3.05) is 6.61 Å². The van der Waals surface area contributed by atoms with Crippen molar-refractivity contribution in [1.29, 1.82) is 0 Å². The molecule has 0 aromatic rings. The van der Waals surface area contributed by atoms with Gasteiger partial charge in [-0.1, -0.05) is 70.4 Å². The molecule has 0 atom stereocenters. The number of rotatable bonds is 13. The van der Waals surface area contributed by atoms with Gasteiger partial charge in [0.05, 0.1) is 0 Å². The summed E-state index contributed by atoms with van der Waals surface area (Å²) in [5, 5.41) is 8.64. The molecule has 0 radical (unpaired) electrons. The summed E-state index contributed by atoms with van der Waals surface area (Å²) < 4.78 is 0. The van der Waals surface area contributed by atoms with E-state index in [0.29, 0.717) is 6.61 Å². The van der Waals surface area contributed by atoms with E-state index in [-0.39, 0.29) is 0 Å². The van der Waals surface area contributed by atoms with Crippen LogP contribution in [0.25, 0.3) is 0 Å². The van der Waals surface area contributed by atoms with Crippen LogP contribution in [0.5, 0.6) is 0 Å². The molecular weight excluding hydrogens is 208 g/mol. The number of hydrogen-bond donors (Lipinski definition) is 1. The van der Waals surface area contributed by atoms with E-state index in [1.165, 1.54) is 70.6 Å². The van der Waals surface area contributed by atoms with Crippen LogP contribution in [-0.2, 0) is 0 Å². The second-order valence-corrected chi connectivity index (χ2v) is 4.95. The lowest BCUT2D eigenvalue weighted by atomic mass is 10.1. The van der Waals surface area contributed by atoms with Crippen molar-refractivity contribution in [2.24, 2.45) is 0 Å². The van der Waals surface area contributed by atoms with E-state index >= 15 is 0 Å². The molecule has 0 saturated heterocycles. The number of allylic oxidation sites excluding steroid dienone is 2. The van der Waals surface area contributed by atoms with E-state index in [9.17, 15) is 0 Å². The highest BCUT2D eigenvalue weighted by Gasteiger charge is 1.91. The van der Waals surface area contributed by atoms with Gasteiger partial charge in [-0.3, -0.25) is 0 Å². The van der Waals surface area contributed by atoms with Gasteiger partial charge in [0, 0.05) is 6.61 Å². The monoisotopic (exact) mass is 240 g/mol. The van der Waals surface area contributed by atoms with E-state index in [1.54, 1.807) is 0 Å². The zero-order chi connectivity index (χ0) is 12.6. The van der Waals surface area contributed by atoms with Gasteiger partial charge in [0.2, 0.25) is 0 Å². The van der Waals surface area contributed by atoms with E-state index in [1.807, 2.05) is 0 Å². The lowest BCUT2D eigenvalue weighted by molar-refractivity contribution is 0.282. The van der Waals surface area contributed by atoms with Crippen LogP contribution in [0.4, 0.5) is 0 Å². The smallest absolute Gasteiger partial charge is 0.0431 e. The van der Waals surface area contributed by atoms with Crippen molar-refractivity contribution in [2.45, 2.75) is 84.0 Å². The van der Waals surface area contributed by atoms with Gasteiger partial charge < -0.3 is 5.11 Å². The average Bonchev–Trinajstić information content (AvgIpc) is 2.35. The Bertz CT molecular complexity index is 152. The van der Waals surface area contributed by atoms with Crippen molar-refractivity contribution >= 4 is 0 Å². The Morgan fingerprint density at radius 1 is 0.647 bits per heavy atom. The Hall–Kier alpha value is -0.300. The molecule has 0 heterocycles. The van der Waals surface area contributed by atoms with Gasteiger partial charge in [0.15, 0.2) is 0 Å². The second kappa shape index (κ2) is 15.7. The first-order valence-electron chi connectivity index (χ1n) is 7.67. The van der Waals surface area contributed by atoms with Crippen LogP contribution in [0.1, 0.15) is 84.0 Å². The highest BCUT2D eigenvalue weighted by Crippen LogP contribution is 2.10. The van der Waals surface area contributed by atoms with E-state index in [4.69, 9.17) is 5.11 Å². The first-order valence-corrected chi connectivity index (χ1v) is 7.67. The second-order valence-electron chi connectivity index (χ2n) is 4.95. The molecule has 0 aromatic carbocycles. The Morgan fingerprint density at radius 3 is 1.65 bits per heavy atom. The summed E-state index contributed by atoms with van der Waals surface area (Å²) in [6.45, 7) is 2.61. The van der Waals surface area contributed by atoms with Crippen LogP contribution < -0.4 is 0 Å². The molecule has 0 rings (SSSR count). The summed E-state index contributed by atoms with van der Waals surface area (Å²) in [4.78, 5) is 0. The minimum absolute atomic E-state index is 0.365. The van der Waals surface area contributed by atoms with Crippen LogP contribution in [0.2, 0.25) is 0 Å². The third kappa shape index (κ3) is 15.7. The predicted molar refractivity (Wildman–Crippen MR) is 77.3 cm³/mol. The lowest BCUT2D eigenvalue weighted by Gasteiger charge is -2.00. The lowest BCUT2D eigenvalue weighted by Crippen LogP contribution is -1.84. The van der Waals surface area contributed by atoms with Crippen molar-refractivity contribution in [3.63, 3.8) is 0 Å². The average molecular weight is 240 g/mol. The fourth-order valence-electron chi connectivity index (χ4n) is 1.99. The first kappa shape index (κ1) is 16.7. The van der Waals surface area contributed by atoms with Gasteiger partial charge in [-0.05, 0) is 25.7 Å². The summed E-state index contributed by atoms with van der Waals surface area (Å²) >= 11 is 0. The minimum Gasteiger partial charge on any atom is -0.396 e. The predicted octanol–water partition coefficient (Wildman–Crippen LogP) is 5.24. The number of hydrogen-bond acceptors (Lipinski definition) is 1. The molecule has 0 spiro atoms. The molecule has 102 valence electrons. The maximum Gasteiger partial charge on any atom is 0.0431 e. The largest absolute Gasteiger partial charge is 0.396 e. The first-order chi connectivity index (χ1) is 8.41. The highest BCUT2D eigenvalue weighted by molar-refractivity contribution is 4.81. The van der Waals surface area contributed by atoms with E-state index < -0.39 is 0 Å². The maximum absolute atomic E-state index is 8.64. The molecule has 0 fully saturated rings. The molecule has 1 N–H and O–H groups in total. The number of aliphatic hydroxyl groups excluding tert-OH is 1. The van der Waals surface area contributed by atoms with Crippen LogP contribution in [0, 0.1) is 0 Å². The Labute approximate surface area is 108 Å². The quantitative estimate of drug-likeness (QED) is 0.345. The highest BCUT2D eigenvalue weighted by atomic mass is 16.2. The van der Waals surface area contributed by atoms with Gasteiger partial charge in [0.25, 0.3) is 0 Å². The van der Waals surface area contributed by atoms with Crippen LogP contribution in [-0.4, -0.2) is 11.7 Å². The molecule has 1 heteroatoms. The molecule has 0 amide bonds. The van der Waals surface area contributed by atoms with Gasteiger partial charge in [-0.25, -0.2) is 0 Å². The van der Waals surface area contributed by atoms with Crippen molar-refractivity contribution in [3.05, 3.63) is 12.2 Å². The summed E-state index contributed by atoms with van der Waals surface area (Å²) in [5.41, 5.74) is 0. The number of aliphatic hydroxyl groups is 1. The van der Waals surface area contributed by atoms with Crippen molar-refractivity contribution < 1.29 is 5.11 Å². The van der Waals surface area contributed by atoms with E-state index in [0.717, 1.165) is 6.42 Å². The van der Waals surface area contributed by atoms with Crippen LogP contribution in [0.3, 0.4) is 0 Å². The minimum atomic E-state index is 0.365. The molecule has 0 aliphatic rings. The van der Waals surface area contributed by atoms with Gasteiger partial charge in [-0.2, -0.15) is 0 Å². The summed E-state index contributed by atoms with van der Waals surface area (Å²) in [6.07, 6.45) is 20.3. The van der Waals surface area contributed by atoms with Crippen LogP contribution in [0.15, 0.2) is 12.2 Å². The molecule has 0 aliphatic heterocycles. The van der Waals surface area contributed by atoms with Crippen molar-refractivity contribution in [3.8, 4) is 0 Å². The summed E-state index contributed by atoms with van der Waals surface area (Å²) in [6, 6.07) is 0. The molecule has 0 aliphatic carbocycles. The molecular formula is C16H32O. The van der Waals surface area contributed by atoms with Gasteiger partial charge in [0.1, 0.15) is 0 Å². The third-order valence-electron chi connectivity index (χ3n) is 3.17. The Morgan fingerprint density at radius 2 is 1.12 bits per heavy atom. The fourth-order valence-corrected chi connectivity index (χ4v) is 1.99. The summed E-state index contributed by atoms with van der Waals surface area (Å²) in [5.74, 6) is 0. The van der Waals surface area contributed by atoms with E-state index in [2.05, 4.69) is 19.1 Å². The van der Waals surface area contributed by atoms with Gasteiger partial charge in [-0.15, -0.1) is 0 Å². The third-order valence-corrected chi connectivity index (χ3v) is 3.17. The zero-order valence-electron chi connectivity index (χ0n) is 11.8. The van der Waals surface area contributed by atoms with Gasteiger partial charge >= 0.3 is 0 Å². The number of unbranched alkanes of at least 4 members (excludes halogenated alkanes) is 10. The summed E-state index contributed by atoms with van der Waals surface area (Å²) in [7, 11) is 0. The normalized spacial score (nSPS) is 11.4. The molecule has 0 unspecified atom stereocenters. The Balaban J connectivity index is 2.96. The SMILES string of the molecule is CCCCC=CCCCCCCCCCCO.